The van der Waals surface area contributed by atoms with Gasteiger partial charge in [-0.1, -0.05) is 54.6 Å². The largest absolute Gasteiger partial charge is 0.493 e. The van der Waals surface area contributed by atoms with Crippen LogP contribution in [0.15, 0.2) is 97.2 Å². The number of alkyl halides is 3. The molecule has 296 valence electrons. The minimum absolute atomic E-state index is 0.184. The third-order valence-corrected chi connectivity index (χ3v) is 10.0. The number of esters is 1. The summed E-state index contributed by atoms with van der Waals surface area (Å²) in [6, 6.07) is 26.2. The van der Waals surface area contributed by atoms with Gasteiger partial charge in [0.25, 0.3) is 5.91 Å². The lowest BCUT2D eigenvalue weighted by atomic mass is 9.90. The molecule has 2 N–H and O–H groups in total. The van der Waals surface area contributed by atoms with Gasteiger partial charge in [0, 0.05) is 66.5 Å². The number of carbonyl (C=O) groups excluding carboxylic acids is 2. The van der Waals surface area contributed by atoms with E-state index in [0.717, 1.165) is 11.1 Å². The summed E-state index contributed by atoms with van der Waals surface area (Å²) in [6.45, 7) is 2.00. The van der Waals surface area contributed by atoms with Crippen molar-refractivity contribution in [2.45, 2.75) is 57.0 Å². The summed E-state index contributed by atoms with van der Waals surface area (Å²) in [5.74, 6) is 0.451. The molecule has 1 fully saturated rings. The number of aromatic nitrogens is 1. The summed E-state index contributed by atoms with van der Waals surface area (Å²) in [4.78, 5) is 26.8. The smallest absolute Gasteiger partial charge is 0.422 e. The number of hydrogen-bond acceptors (Lipinski definition) is 8. The molecule has 1 aliphatic rings. The molecule has 1 atom stereocenters. The number of benzene rings is 4. The van der Waals surface area contributed by atoms with Gasteiger partial charge in [-0.15, -0.1) is 0 Å². The lowest BCUT2D eigenvalue weighted by Crippen LogP contribution is -2.53. The number of likely N-dealkylation sites (tertiary alicyclic amines) is 1. The van der Waals surface area contributed by atoms with E-state index in [2.05, 4.69) is 5.32 Å². The second-order valence-corrected chi connectivity index (χ2v) is 13.8. The Hall–Kier alpha value is -5.53. The highest BCUT2D eigenvalue weighted by Crippen LogP contribution is 2.45. The molecule has 56 heavy (non-hydrogen) atoms. The van der Waals surface area contributed by atoms with E-state index >= 15 is 13.2 Å². The maximum Gasteiger partial charge on any atom is 0.422 e. The second-order valence-electron chi connectivity index (χ2n) is 13.8. The predicted molar refractivity (Wildman–Crippen MR) is 206 cm³/mol. The summed E-state index contributed by atoms with van der Waals surface area (Å²) < 4.78 is 69.9. The number of hydrogen-bond donors (Lipinski definition) is 2. The van der Waals surface area contributed by atoms with Crippen molar-refractivity contribution in [3.05, 3.63) is 119 Å². The number of methoxy groups -OCH3 is 2. The number of carbonyl (C=O) groups is 2. The highest BCUT2D eigenvalue weighted by molar-refractivity contribution is 6.06. The van der Waals surface area contributed by atoms with Crippen LogP contribution in [0.5, 0.6) is 17.2 Å². The quantitative estimate of drug-likeness (QED) is 0.104. The van der Waals surface area contributed by atoms with Crippen molar-refractivity contribution < 1.29 is 46.8 Å². The van der Waals surface area contributed by atoms with Crippen LogP contribution >= 0.6 is 0 Å². The first kappa shape index (κ1) is 40.1. The predicted octanol–water partition coefficient (Wildman–Crippen LogP) is 7.75. The van der Waals surface area contributed by atoms with Crippen LogP contribution in [0.3, 0.4) is 0 Å². The summed E-state index contributed by atoms with van der Waals surface area (Å²) in [7, 11) is 2.99. The zero-order valence-corrected chi connectivity index (χ0v) is 31.6. The van der Waals surface area contributed by atoms with E-state index in [9.17, 15) is 14.7 Å². The first-order valence-corrected chi connectivity index (χ1v) is 18.5. The molecule has 0 saturated carbocycles. The van der Waals surface area contributed by atoms with Gasteiger partial charge in [-0.2, -0.15) is 13.2 Å². The summed E-state index contributed by atoms with van der Waals surface area (Å²) in [6.07, 6.45) is -2.71. The van der Waals surface area contributed by atoms with Crippen LogP contribution in [-0.4, -0.2) is 79.2 Å². The Morgan fingerprint density at radius 3 is 2.12 bits per heavy atom. The van der Waals surface area contributed by atoms with Crippen LogP contribution in [-0.2, 0) is 28.1 Å². The lowest BCUT2D eigenvalue weighted by molar-refractivity contribution is -0.272. The normalized spacial score (nSPS) is 14.9. The fourth-order valence-electron chi connectivity index (χ4n) is 7.08. The molecule has 1 unspecified atom stereocenters. The van der Waals surface area contributed by atoms with Crippen molar-refractivity contribution >= 4 is 28.5 Å². The summed E-state index contributed by atoms with van der Waals surface area (Å²) >= 11 is 0. The van der Waals surface area contributed by atoms with E-state index in [4.69, 9.17) is 18.9 Å². The molecular weight excluding hydrogens is 727 g/mol. The number of piperidine rings is 1. The Morgan fingerprint density at radius 2 is 1.52 bits per heavy atom. The number of fused-ring (bicyclic) bond motifs is 1. The maximum atomic E-state index is 15.2. The van der Waals surface area contributed by atoms with Crippen molar-refractivity contribution in [1.29, 1.82) is 0 Å². The molecule has 4 aromatic carbocycles. The number of aliphatic hydroxyl groups is 1. The Kier molecular flexibility index (Phi) is 12.6. The molecule has 10 nitrogen and oxygen atoms in total. The van der Waals surface area contributed by atoms with Gasteiger partial charge in [-0.3, -0.25) is 14.5 Å². The Bertz CT molecular complexity index is 2090. The van der Waals surface area contributed by atoms with Crippen molar-refractivity contribution in [2.24, 2.45) is 0 Å². The third-order valence-electron chi connectivity index (χ3n) is 10.0. The highest BCUT2D eigenvalue weighted by Gasteiger charge is 2.57. The summed E-state index contributed by atoms with van der Waals surface area (Å²) in [5.41, 5.74) is -0.670. The van der Waals surface area contributed by atoms with Crippen molar-refractivity contribution in [2.75, 3.05) is 45.8 Å². The number of halogens is 3. The monoisotopic (exact) mass is 773 g/mol. The molecule has 0 bridgehead atoms. The number of amides is 1. The second kappa shape index (κ2) is 17.5. The highest BCUT2D eigenvalue weighted by atomic mass is 19.4. The van der Waals surface area contributed by atoms with E-state index in [1.54, 1.807) is 58.9 Å². The molecule has 0 spiro atoms. The molecule has 1 saturated heterocycles. The Labute approximate surface area is 323 Å². The number of para-hydroxylation sites is 1. The van der Waals surface area contributed by atoms with Crippen LogP contribution in [0, 0.1) is 0 Å². The number of ether oxygens (including phenoxy) is 4. The number of nitrogens with zero attached hydrogens (tertiary/aromatic N) is 2. The van der Waals surface area contributed by atoms with Crippen LogP contribution < -0.4 is 19.5 Å². The molecule has 2 heterocycles. The van der Waals surface area contributed by atoms with E-state index in [1.165, 1.54) is 32.5 Å². The van der Waals surface area contributed by atoms with Crippen LogP contribution in [0.2, 0.25) is 0 Å². The van der Waals surface area contributed by atoms with Crippen molar-refractivity contribution in [1.82, 2.24) is 9.47 Å². The number of rotatable bonds is 15. The molecule has 6 rings (SSSR count). The third kappa shape index (κ3) is 9.11. The molecule has 0 aliphatic carbocycles. The van der Waals surface area contributed by atoms with Crippen molar-refractivity contribution in [3.63, 3.8) is 0 Å². The first-order chi connectivity index (χ1) is 26.9. The van der Waals surface area contributed by atoms with Gasteiger partial charge < -0.3 is 33.9 Å². The van der Waals surface area contributed by atoms with Crippen molar-refractivity contribution in [3.8, 4) is 17.2 Å². The minimum atomic E-state index is -5.04. The van der Waals surface area contributed by atoms with Gasteiger partial charge in [0.05, 0.1) is 20.8 Å². The average Bonchev–Trinajstić information content (AvgIpc) is 3.56. The molecule has 1 aromatic heterocycles. The van der Waals surface area contributed by atoms with Gasteiger partial charge in [0.15, 0.2) is 11.5 Å². The van der Waals surface area contributed by atoms with E-state index in [-0.39, 0.29) is 54.6 Å². The Morgan fingerprint density at radius 1 is 0.875 bits per heavy atom. The molecule has 1 amide bonds. The van der Waals surface area contributed by atoms with Crippen LogP contribution in [0.1, 0.15) is 53.2 Å². The SMILES string of the molecule is CCOC(=O)CCc1cc(OC)c(OC2CCN(CC(O)(c3cn(Cc4ccccc4)c4cc(C(=O)Nc5ccccc5)ccc34)C(F)(F)F)CC2)c(OC)c1. The lowest BCUT2D eigenvalue weighted by Gasteiger charge is -2.39. The molecule has 13 heteroatoms. The van der Waals surface area contributed by atoms with E-state index in [1.807, 2.05) is 36.4 Å². The van der Waals surface area contributed by atoms with E-state index in [0.29, 0.717) is 54.3 Å². The van der Waals surface area contributed by atoms with Gasteiger partial charge in [0.2, 0.25) is 11.4 Å². The number of nitrogens with one attached hydrogen (secondary N) is 1. The molecule has 1 aliphatic heterocycles. The van der Waals surface area contributed by atoms with Gasteiger partial charge in [0.1, 0.15) is 6.10 Å². The molecule has 0 radical (unpaired) electrons. The average molecular weight is 774 g/mol. The van der Waals surface area contributed by atoms with E-state index < -0.39 is 24.2 Å². The number of aryl methyl sites for hydroxylation is 1. The van der Waals surface area contributed by atoms with Gasteiger partial charge in [-0.05, 0) is 73.7 Å². The fourth-order valence-corrected chi connectivity index (χ4v) is 7.08. The van der Waals surface area contributed by atoms with Gasteiger partial charge >= 0.3 is 12.1 Å². The molecule has 5 aromatic rings. The fraction of sp³-hybridized carbons (Fsp3) is 0.349. The zero-order chi connectivity index (χ0) is 39.9. The zero-order valence-electron chi connectivity index (χ0n) is 31.6. The summed E-state index contributed by atoms with van der Waals surface area (Å²) in [5, 5.41) is 14.9. The van der Waals surface area contributed by atoms with Gasteiger partial charge in [-0.25, -0.2) is 0 Å². The standard InChI is InChI=1S/C43H46F3N3O7/c1-4-55-39(50)18-15-30-23-37(53-2)40(38(24-30)54-3)56-33-19-21-48(22-20-33)28-42(52,43(44,45)46)35-27-49(26-29-11-7-5-8-12-29)36-25-31(16-17-34(35)36)41(51)47-32-13-9-6-10-14-32/h5-14,16-17,23-25,27,33,52H,4,15,18-22,26,28H2,1-3H3,(H,47,51). The number of β-amino-alcohol motifs (C(OH)–C–C–N with tert-alkyl or cyclic N) is 1. The minimum Gasteiger partial charge on any atom is -0.493 e. The first-order valence-electron chi connectivity index (χ1n) is 18.5. The number of anilines is 1. The van der Waals surface area contributed by atoms with Crippen LogP contribution in [0.25, 0.3) is 10.9 Å². The maximum absolute atomic E-state index is 15.2. The topological polar surface area (TPSA) is 111 Å². The molecular formula is C43H46F3N3O7. The van der Waals surface area contributed by atoms with Crippen LogP contribution in [0.4, 0.5) is 18.9 Å². The Balaban J connectivity index is 1.23.